The van der Waals surface area contributed by atoms with Gasteiger partial charge in [-0.2, -0.15) is 9.97 Å². The van der Waals surface area contributed by atoms with Crippen molar-refractivity contribution < 1.29 is 19.5 Å². The Labute approximate surface area is 287 Å². The number of fused-ring (bicyclic) bond motifs is 1. The van der Waals surface area contributed by atoms with Gasteiger partial charge in [-0.3, -0.25) is 25.7 Å². The number of nitrogen functional groups attached to an aromatic ring is 2. The second-order valence-electron chi connectivity index (χ2n) is 11.3. The summed E-state index contributed by atoms with van der Waals surface area (Å²) in [5.74, 6) is -2.35. The molecular formula is C32H40N14O4. The average Bonchev–Trinajstić information content (AvgIpc) is 3.07. The van der Waals surface area contributed by atoms with Crippen molar-refractivity contribution in [3.05, 3.63) is 77.1 Å². The van der Waals surface area contributed by atoms with Crippen LogP contribution < -0.4 is 43.4 Å². The Bertz CT molecular complexity index is 1850. The highest BCUT2D eigenvalue weighted by Gasteiger charge is 2.22. The molecule has 0 unspecified atom stereocenters. The van der Waals surface area contributed by atoms with E-state index >= 15 is 0 Å². The number of carboxylic acids is 1. The third kappa shape index (κ3) is 10.7. The highest BCUT2D eigenvalue weighted by Crippen LogP contribution is 2.19. The Hall–Kier alpha value is -6.59. The number of hydrogen-bond donors (Lipinski definition) is 10. The topological polar surface area (TPSA) is 300 Å². The second kappa shape index (κ2) is 17.0. The molecule has 2 amide bonds. The van der Waals surface area contributed by atoms with Gasteiger partial charge in [-0.15, -0.1) is 0 Å². The molecule has 0 saturated carbocycles. The van der Waals surface area contributed by atoms with Gasteiger partial charge in [0.1, 0.15) is 6.04 Å². The standard InChI is InChI=1S/C32H40N14O4/c1-46(17-21-16-40-27-25(41-21)26(33)43-32(37)44-27)22-8-6-20(7-9-22)28(48)42-23(29(49)50)10-11-24(47)38-14-12-18-2-4-19(5-3-18)13-15-39-31(36)45-30(34)35/h2-9,16,23H,10-15,17H2,1H3,(H,38,47)(H,42,48)(H,49,50)(H4,33,37,40,43,44)(H6,34,35,36,39,45)/t23-/m0/s1. The molecule has 0 aliphatic heterocycles. The molecule has 13 N–H and O–H groups in total. The average molecular weight is 685 g/mol. The largest absolute Gasteiger partial charge is 0.480 e. The second-order valence-corrected chi connectivity index (χ2v) is 11.3. The number of nitrogens with two attached hydrogens (primary N) is 3. The van der Waals surface area contributed by atoms with Crippen LogP contribution in [-0.4, -0.2) is 80.9 Å². The molecule has 0 radical (unpaired) electrons. The van der Waals surface area contributed by atoms with E-state index in [0.717, 1.165) is 16.8 Å². The smallest absolute Gasteiger partial charge is 0.326 e. The van der Waals surface area contributed by atoms with Crippen LogP contribution >= 0.6 is 0 Å². The van der Waals surface area contributed by atoms with Crippen LogP contribution in [-0.2, 0) is 29.0 Å². The van der Waals surface area contributed by atoms with Crippen LogP contribution in [0.5, 0.6) is 0 Å². The molecule has 0 aliphatic rings. The number of guanidine groups is 2. The van der Waals surface area contributed by atoms with Crippen molar-refractivity contribution >= 4 is 58.3 Å². The minimum atomic E-state index is -1.25. The SMILES string of the molecule is CN(Cc1cnc2nc(N)nc(N)c2n1)c1ccc(C(=O)N[C@@H](CCC(=O)NCCc2ccc(CCNC(=N)NC(=N)N)cc2)C(=O)O)cc1. The van der Waals surface area contributed by atoms with Crippen LogP contribution in [0.2, 0.25) is 0 Å². The number of benzene rings is 2. The summed E-state index contributed by atoms with van der Waals surface area (Å²) in [5, 5.41) is 34.9. The highest BCUT2D eigenvalue weighted by atomic mass is 16.4. The van der Waals surface area contributed by atoms with E-state index in [0.29, 0.717) is 49.3 Å². The van der Waals surface area contributed by atoms with Crippen LogP contribution in [0.25, 0.3) is 11.2 Å². The molecule has 2 heterocycles. The predicted molar refractivity (Wildman–Crippen MR) is 188 cm³/mol. The number of rotatable bonds is 15. The lowest BCUT2D eigenvalue weighted by atomic mass is 10.1. The first-order valence-corrected chi connectivity index (χ1v) is 15.6. The molecule has 2 aromatic carbocycles. The number of hydrogen-bond acceptors (Lipinski definition) is 12. The van der Waals surface area contributed by atoms with E-state index in [1.807, 2.05) is 36.2 Å². The summed E-state index contributed by atoms with van der Waals surface area (Å²) in [6.07, 6.45) is 2.65. The third-order valence-electron chi connectivity index (χ3n) is 7.47. The van der Waals surface area contributed by atoms with Crippen molar-refractivity contribution in [1.82, 2.24) is 41.2 Å². The van der Waals surface area contributed by atoms with Gasteiger partial charge in [0.25, 0.3) is 5.91 Å². The third-order valence-corrected chi connectivity index (χ3v) is 7.47. The number of carboxylic acid groups (broad SMARTS) is 1. The molecule has 2 aromatic heterocycles. The van der Waals surface area contributed by atoms with Crippen LogP contribution in [0.4, 0.5) is 17.5 Å². The Morgan fingerprint density at radius 3 is 2.18 bits per heavy atom. The van der Waals surface area contributed by atoms with E-state index in [1.165, 1.54) is 0 Å². The molecular weight excluding hydrogens is 644 g/mol. The molecule has 0 bridgehead atoms. The normalized spacial score (nSPS) is 11.3. The number of amides is 2. The summed E-state index contributed by atoms with van der Waals surface area (Å²) in [5.41, 5.74) is 21.0. The summed E-state index contributed by atoms with van der Waals surface area (Å²) in [6, 6.07) is 13.2. The lowest BCUT2D eigenvalue weighted by molar-refractivity contribution is -0.139. The lowest BCUT2D eigenvalue weighted by Crippen LogP contribution is -2.43. The first kappa shape index (κ1) is 36.2. The maximum Gasteiger partial charge on any atom is 0.326 e. The van der Waals surface area contributed by atoms with E-state index in [1.54, 1.807) is 30.5 Å². The maximum atomic E-state index is 12.9. The zero-order valence-corrected chi connectivity index (χ0v) is 27.4. The number of carbonyl (C=O) groups is 3. The van der Waals surface area contributed by atoms with Gasteiger partial charge in [-0.1, -0.05) is 24.3 Å². The van der Waals surface area contributed by atoms with Crippen molar-refractivity contribution in [2.24, 2.45) is 5.73 Å². The van der Waals surface area contributed by atoms with Crippen molar-refractivity contribution in [2.75, 3.05) is 36.5 Å². The van der Waals surface area contributed by atoms with Crippen molar-refractivity contribution in [1.29, 1.82) is 10.8 Å². The van der Waals surface area contributed by atoms with Crippen molar-refractivity contribution in [2.45, 2.75) is 38.3 Å². The van der Waals surface area contributed by atoms with E-state index in [4.69, 9.17) is 28.0 Å². The molecule has 1 atom stereocenters. The van der Waals surface area contributed by atoms with Gasteiger partial charge in [0.2, 0.25) is 11.9 Å². The summed E-state index contributed by atoms with van der Waals surface area (Å²) in [6.45, 7) is 1.22. The molecule has 18 nitrogen and oxygen atoms in total. The van der Waals surface area contributed by atoms with Crippen molar-refractivity contribution in [3.8, 4) is 0 Å². The molecule has 4 aromatic rings. The Balaban J connectivity index is 1.19. The quantitative estimate of drug-likeness (QED) is 0.0587. The highest BCUT2D eigenvalue weighted by molar-refractivity contribution is 5.97. The zero-order valence-electron chi connectivity index (χ0n) is 27.4. The van der Waals surface area contributed by atoms with Crippen LogP contribution in [0, 0.1) is 10.8 Å². The zero-order chi connectivity index (χ0) is 36.2. The van der Waals surface area contributed by atoms with Gasteiger partial charge in [-0.05, 0) is 54.7 Å². The molecule has 0 fully saturated rings. The lowest BCUT2D eigenvalue weighted by Gasteiger charge is -2.19. The van der Waals surface area contributed by atoms with Gasteiger partial charge in [0.15, 0.2) is 28.9 Å². The molecule has 4 rings (SSSR count). The van der Waals surface area contributed by atoms with Crippen LogP contribution in [0.15, 0.2) is 54.7 Å². The summed E-state index contributed by atoms with van der Waals surface area (Å²) in [7, 11) is 1.83. The van der Waals surface area contributed by atoms with Gasteiger partial charge >= 0.3 is 5.97 Å². The molecule has 262 valence electrons. The monoisotopic (exact) mass is 684 g/mol. The summed E-state index contributed by atoms with van der Waals surface area (Å²) < 4.78 is 0. The number of anilines is 3. The van der Waals surface area contributed by atoms with E-state index < -0.39 is 17.9 Å². The maximum absolute atomic E-state index is 12.9. The number of nitrogens with zero attached hydrogens (tertiary/aromatic N) is 5. The first-order valence-electron chi connectivity index (χ1n) is 15.6. The minimum absolute atomic E-state index is 0.0111. The van der Waals surface area contributed by atoms with Gasteiger partial charge in [0, 0.05) is 37.8 Å². The number of aliphatic carboxylic acids is 1. The Morgan fingerprint density at radius 2 is 1.56 bits per heavy atom. The molecule has 50 heavy (non-hydrogen) atoms. The van der Waals surface area contributed by atoms with Gasteiger partial charge in [-0.25, -0.2) is 14.8 Å². The predicted octanol–water partition coefficient (Wildman–Crippen LogP) is 0.0926. The first-order chi connectivity index (χ1) is 23.9. The fourth-order valence-corrected chi connectivity index (χ4v) is 4.85. The Morgan fingerprint density at radius 1 is 0.920 bits per heavy atom. The summed E-state index contributed by atoms with van der Waals surface area (Å²) >= 11 is 0. The molecule has 0 saturated heterocycles. The van der Waals surface area contributed by atoms with E-state index in [2.05, 4.69) is 41.2 Å². The number of nitrogens with one attached hydrogen (secondary N) is 6. The summed E-state index contributed by atoms with van der Waals surface area (Å²) in [4.78, 5) is 55.7. The van der Waals surface area contributed by atoms with Crippen LogP contribution in [0.3, 0.4) is 0 Å². The van der Waals surface area contributed by atoms with E-state index in [-0.39, 0.29) is 48.0 Å². The van der Waals surface area contributed by atoms with E-state index in [9.17, 15) is 19.5 Å². The van der Waals surface area contributed by atoms with Crippen molar-refractivity contribution in [3.63, 3.8) is 0 Å². The number of carbonyl (C=O) groups excluding carboxylic acids is 2. The number of aromatic nitrogens is 4. The van der Waals surface area contributed by atoms with Gasteiger partial charge in [0.05, 0.1) is 18.4 Å². The molecule has 0 spiro atoms. The fraction of sp³-hybridized carbons (Fsp3) is 0.281. The molecule has 0 aliphatic carbocycles. The van der Waals surface area contributed by atoms with Gasteiger partial charge < -0.3 is 43.2 Å². The Kier molecular flexibility index (Phi) is 12.3. The fourth-order valence-electron chi connectivity index (χ4n) is 4.85. The van der Waals surface area contributed by atoms with Crippen LogP contribution in [0.1, 0.15) is 40.0 Å². The molecule has 18 heteroatoms. The minimum Gasteiger partial charge on any atom is -0.480 e.